The van der Waals surface area contributed by atoms with Gasteiger partial charge in [0.2, 0.25) is 0 Å². The summed E-state index contributed by atoms with van der Waals surface area (Å²) < 4.78 is 43.0. The molecule has 1 aliphatic heterocycles. The minimum atomic E-state index is -4.94. The van der Waals surface area contributed by atoms with E-state index in [0.29, 0.717) is 0 Å². The van der Waals surface area contributed by atoms with Crippen LogP contribution in [0.1, 0.15) is 0 Å². The van der Waals surface area contributed by atoms with E-state index < -0.39 is 10.2 Å². The summed E-state index contributed by atoms with van der Waals surface area (Å²) >= 11 is 3.64. The largest absolute Gasteiger partial charge is 0.368 e. The summed E-state index contributed by atoms with van der Waals surface area (Å²) in [5.41, 5.74) is 0. The maximum atomic E-state index is 8.49. The molecule has 92 valence electrons. The van der Waals surface area contributed by atoms with Gasteiger partial charge in [-0.2, -0.15) is 0 Å². The van der Waals surface area contributed by atoms with Crippen LogP contribution in [0, 0.1) is 10.2 Å². The average Bonchev–Trinajstić information content (AvgIpc) is 2.69. The van der Waals surface area contributed by atoms with Crippen LogP contribution >= 0.6 is 22.7 Å². The summed E-state index contributed by atoms with van der Waals surface area (Å²) in [6, 6.07) is 0. The molecule has 0 unspecified atom stereocenters. The van der Waals surface area contributed by atoms with Crippen LogP contribution in [0.4, 0.5) is 0 Å². The average molecular weight is 288 g/mol. The molecule has 0 radical (unpaired) electrons. The molecule has 0 aromatic carbocycles. The summed E-state index contributed by atoms with van der Waals surface area (Å²) in [6.45, 7) is 3.86. The first-order valence-electron chi connectivity index (χ1n) is 4.26. The molecule has 0 amide bonds. The molecular weight excluding hydrogens is 278 g/mol. The third kappa shape index (κ3) is 6.51. The Labute approximate surface area is 102 Å². The number of hydrogen-bond donors (Lipinski definition) is 0. The van der Waals surface area contributed by atoms with Crippen LogP contribution < -0.4 is 27.2 Å². The van der Waals surface area contributed by atoms with Crippen molar-refractivity contribution in [2.75, 3.05) is 26.3 Å². The SMILES string of the molecule is [O-][Cl+3]([O-])([O-])[O-].c1csc(=[N+]2CCOCC2)s1. The van der Waals surface area contributed by atoms with E-state index in [1.54, 1.807) is 0 Å². The van der Waals surface area contributed by atoms with Gasteiger partial charge in [-0.15, -0.1) is 10.2 Å². The second-order valence-corrected chi connectivity index (χ2v) is 5.55. The predicted molar refractivity (Wildman–Crippen MR) is 48.0 cm³/mol. The standard InChI is InChI=1S/C7H10NOS2.ClHO4/c1-3-9-4-2-8(1)7-10-5-6-11-7;2-1(3,4)5/h5-6H,1-4H2;(H,2,3,4,5)/q+1;/p-1. The zero-order chi connectivity index (χ0) is 12.0. The fraction of sp³-hybridized carbons (Fsp3) is 0.571. The maximum Gasteiger partial charge on any atom is 0.314 e. The molecule has 1 fully saturated rings. The Hall–Kier alpha value is -0.0600. The van der Waals surface area contributed by atoms with Gasteiger partial charge in [-0.1, -0.05) is 22.7 Å². The quantitative estimate of drug-likeness (QED) is 0.451. The van der Waals surface area contributed by atoms with Crippen molar-refractivity contribution in [1.82, 2.24) is 4.58 Å². The van der Waals surface area contributed by atoms with Crippen molar-refractivity contribution in [2.24, 2.45) is 0 Å². The van der Waals surface area contributed by atoms with E-state index in [0.717, 1.165) is 26.3 Å². The van der Waals surface area contributed by atoms with Gasteiger partial charge in [0, 0.05) is 10.8 Å². The summed E-state index contributed by atoms with van der Waals surface area (Å²) in [7, 11) is -4.94. The minimum Gasteiger partial charge on any atom is -0.368 e. The van der Waals surface area contributed by atoms with E-state index in [4.69, 9.17) is 23.4 Å². The van der Waals surface area contributed by atoms with Gasteiger partial charge in [-0.25, -0.2) is 23.2 Å². The van der Waals surface area contributed by atoms with Crippen LogP contribution in [-0.4, -0.2) is 26.3 Å². The number of nitrogens with zero attached hydrogens (tertiary/aromatic N) is 1. The van der Waals surface area contributed by atoms with Gasteiger partial charge in [0.05, 0.1) is 0 Å². The molecule has 1 saturated heterocycles. The molecular formula is C7H10ClNO5S2. The van der Waals surface area contributed by atoms with Crippen molar-refractivity contribution < 1.29 is 33.6 Å². The number of ether oxygens (including phenoxy) is 1. The fourth-order valence-corrected chi connectivity index (χ4v) is 2.99. The monoisotopic (exact) mass is 287 g/mol. The van der Waals surface area contributed by atoms with Crippen LogP contribution in [0.5, 0.6) is 0 Å². The maximum absolute atomic E-state index is 8.49. The lowest BCUT2D eigenvalue weighted by Gasteiger charge is -2.17. The van der Waals surface area contributed by atoms with Crippen molar-refractivity contribution in [3.8, 4) is 0 Å². The van der Waals surface area contributed by atoms with Crippen molar-refractivity contribution >= 4 is 22.7 Å². The number of halogens is 1. The van der Waals surface area contributed by atoms with Gasteiger partial charge < -0.3 is 4.74 Å². The Morgan fingerprint density at radius 1 is 1.06 bits per heavy atom. The molecule has 9 heteroatoms. The zero-order valence-corrected chi connectivity index (χ0v) is 10.6. The molecule has 1 aromatic heterocycles. The number of rotatable bonds is 0. The van der Waals surface area contributed by atoms with Gasteiger partial charge in [0.1, 0.15) is 13.2 Å². The molecule has 0 saturated carbocycles. The highest BCUT2D eigenvalue weighted by molar-refractivity contribution is 7.24. The summed E-state index contributed by atoms with van der Waals surface area (Å²) in [5.74, 6) is 0. The highest BCUT2D eigenvalue weighted by Gasteiger charge is 2.11. The lowest BCUT2D eigenvalue weighted by Crippen LogP contribution is -2.68. The predicted octanol–water partition coefficient (Wildman–Crippen LogP) is -4.14. The van der Waals surface area contributed by atoms with Crippen molar-refractivity contribution in [1.29, 1.82) is 0 Å². The highest BCUT2D eigenvalue weighted by atomic mass is 35.7. The molecule has 16 heavy (non-hydrogen) atoms. The third-order valence-electron chi connectivity index (χ3n) is 1.66. The van der Waals surface area contributed by atoms with Crippen LogP contribution in [-0.2, 0) is 4.74 Å². The van der Waals surface area contributed by atoms with Gasteiger partial charge in [-0.05, 0) is 0 Å². The van der Waals surface area contributed by atoms with Crippen molar-refractivity contribution in [3.63, 3.8) is 0 Å². The molecule has 2 rings (SSSR count). The lowest BCUT2D eigenvalue weighted by molar-refractivity contribution is -2.00. The van der Waals surface area contributed by atoms with E-state index in [2.05, 4.69) is 15.3 Å². The van der Waals surface area contributed by atoms with Crippen molar-refractivity contribution in [2.45, 2.75) is 0 Å². The molecule has 1 aromatic rings. The first kappa shape index (κ1) is 14.0. The highest BCUT2D eigenvalue weighted by Crippen LogP contribution is 1.94. The molecule has 0 N–H and O–H groups in total. The van der Waals surface area contributed by atoms with Crippen LogP contribution in [0.15, 0.2) is 10.8 Å². The summed E-state index contributed by atoms with van der Waals surface area (Å²) in [6.07, 6.45) is 0. The fourth-order valence-electron chi connectivity index (χ4n) is 1.09. The summed E-state index contributed by atoms with van der Waals surface area (Å²) in [4.78, 5) is 0. The summed E-state index contributed by atoms with van der Waals surface area (Å²) in [5, 5.41) is 4.27. The minimum absolute atomic E-state index is 0.880. The number of morpholine rings is 1. The van der Waals surface area contributed by atoms with Gasteiger partial charge in [0.15, 0.2) is 13.1 Å². The first-order chi connectivity index (χ1) is 7.47. The molecule has 0 atom stereocenters. The zero-order valence-electron chi connectivity index (χ0n) is 8.17. The van der Waals surface area contributed by atoms with Gasteiger partial charge in [0.25, 0.3) is 0 Å². The van der Waals surface area contributed by atoms with E-state index in [1.165, 1.54) is 3.98 Å². The van der Waals surface area contributed by atoms with Gasteiger partial charge in [-0.3, -0.25) is 0 Å². The third-order valence-corrected chi connectivity index (χ3v) is 3.88. The first-order valence-corrected chi connectivity index (χ1v) is 7.26. The Bertz CT molecular complexity index is 341. The van der Waals surface area contributed by atoms with Crippen LogP contribution in [0.25, 0.3) is 0 Å². The Morgan fingerprint density at radius 2 is 1.50 bits per heavy atom. The molecule has 0 spiro atoms. The normalized spacial score (nSPS) is 16.6. The molecule has 1 aliphatic rings. The van der Waals surface area contributed by atoms with E-state index in [9.17, 15) is 0 Å². The molecule has 2 heterocycles. The second-order valence-electron chi connectivity index (χ2n) is 2.75. The van der Waals surface area contributed by atoms with E-state index >= 15 is 0 Å². The van der Waals surface area contributed by atoms with E-state index in [-0.39, 0.29) is 0 Å². The van der Waals surface area contributed by atoms with Crippen molar-refractivity contribution in [3.05, 3.63) is 14.7 Å². The van der Waals surface area contributed by atoms with Crippen LogP contribution in [0.3, 0.4) is 0 Å². The van der Waals surface area contributed by atoms with Gasteiger partial charge >= 0.3 is 3.98 Å². The smallest absolute Gasteiger partial charge is 0.314 e. The molecule has 0 aliphatic carbocycles. The van der Waals surface area contributed by atoms with Crippen LogP contribution in [0.2, 0.25) is 0 Å². The Kier molecular flexibility index (Phi) is 5.79. The Morgan fingerprint density at radius 3 is 1.94 bits per heavy atom. The molecule has 6 nitrogen and oxygen atoms in total. The topological polar surface area (TPSA) is 104 Å². The second kappa shape index (κ2) is 6.62. The number of hydrogen-bond acceptors (Lipinski definition) is 7. The van der Waals surface area contributed by atoms with E-state index in [1.807, 2.05) is 22.7 Å². The molecule has 0 bridgehead atoms. The lowest BCUT2D eigenvalue weighted by atomic mass is 10.5. The Balaban J connectivity index is 0.000000221.